The third-order valence-corrected chi connectivity index (χ3v) is 3.58. The molecule has 1 aromatic carbocycles. The fourth-order valence-corrected chi connectivity index (χ4v) is 2.61. The smallest absolute Gasteiger partial charge is 0.338 e. The van der Waals surface area contributed by atoms with Gasteiger partial charge in [0.15, 0.2) is 11.7 Å². The van der Waals surface area contributed by atoms with Gasteiger partial charge in [0.1, 0.15) is 5.75 Å². The summed E-state index contributed by atoms with van der Waals surface area (Å²) >= 11 is 5.18. The third kappa shape index (κ3) is 4.23. The third-order valence-electron chi connectivity index (χ3n) is 3.36. The predicted molar refractivity (Wildman–Crippen MR) is 92.1 cm³/mol. The van der Waals surface area contributed by atoms with Crippen LogP contribution in [0.15, 0.2) is 35.5 Å². The number of thiocarbonyl (C=S) groups is 1. The number of carbonyl (C=O) groups is 2. The van der Waals surface area contributed by atoms with Crippen LogP contribution in [-0.4, -0.2) is 30.2 Å². The van der Waals surface area contributed by atoms with Crippen molar-refractivity contribution in [2.24, 2.45) is 5.73 Å². The fraction of sp³-hybridized carbons (Fsp3) is 0.312. The first kappa shape index (κ1) is 17.7. The molecule has 2 rings (SSSR count). The molecule has 1 unspecified atom stereocenters. The van der Waals surface area contributed by atoms with E-state index < -0.39 is 17.9 Å². The molecule has 24 heavy (non-hydrogen) atoms. The molecule has 0 spiro atoms. The Morgan fingerprint density at radius 2 is 1.96 bits per heavy atom. The molecule has 8 heteroatoms. The fourth-order valence-electron chi connectivity index (χ4n) is 2.33. The molecule has 128 valence electrons. The second-order valence-electron chi connectivity index (χ2n) is 5.11. The lowest BCUT2D eigenvalue weighted by molar-refractivity contribution is -0.139. The average molecular weight is 349 g/mol. The number of carbonyl (C=O) groups excluding carboxylic acids is 2. The molecule has 0 fully saturated rings. The number of allylic oxidation sites excluding steroid dienone is 1. The largest absolute Gasteiger partial charge is 0.484 e. The Kier molecular flexibility index (Phi) is 5.75. The number of hydrogen-bond donors (Lipinski definition) is 3. The number of rotatable bonds is 6. The van der Waals surface area contributed by atoms with Gasteiger partial charge in [-0.3, -0.25) is 4.79 Å². The van der Waals surface area contributed by atoms with Crippen LogP contribution in [0.2, 0.25) is 0 Å². The highest BCUT2D eigenvalue weighted by Gasteiger charge is 2.30. The second kappa shape index (κ2) is 7.78. The molecule has 0 radical (unpaired) electrons. The van der Waals surface area contributed by atoms with Gasteiger partial charge in [-0.05, 0) is 43.8 Å². The van der Waals surface area contributed by atoms with Crippen molar-refractivity contribution in [2.75, 3.05) is 13.2 Å². The van der Waals surface area contributed by atoms with Gasteiger partial charge in [-0.15, -0.1) is 0 Å². The molecule has 1 aliphatic rings. The molecule has 1 amide bonds. The van der Waals surface area contributed by atoms with E-state index in [4.69, 9.17) is 27.4 Å². The van der Waals surface area contributed by atoms with Crippen LogP contribution in [0, 0.1) is 0 Å². The molecule has 1 heterocycles. The minimum absolute atomic E-state index is 0.192. The van der Waals surface area contributed by atoms with Crippen molar-refractivity contribution in [1.29, 1.82) is 0 Å². The lowest BCUT2D eigenvalue weighted by Crippen LogP contribution is -2.45. The van der Waals surface area contributed by atoms with Crippen LogP contribution < -0.4 is 21.1 Å². The normalized spacial score (nSPS) is 16.9. The number of ether oxygens (including phenoxy) is 2. The maximum Gasteiger partial charge on any atom is 0.338 e. The molecule has 4 N–H and O–H groups in total. The Bertz CT molecular complexity index is 685. The van der Waals surface area contributed by atoms with Gasteiger partial charge >= 0.3 is 5.97 Å². The highest BCUT2D eigenvalue weighted by atomic mass is 32.1. The summed E-state index contributed by atoms with van der Waals surface area (Å²) in [4.78, 5) is 23.0. The molecule has 1 aliphatic heterocycles. The van der Waals surface area contributed by atoms with E-state index in [0.717, 1.165) is 5.56 Å². The molecule has 0 saturated heterocycles. The number of esters is 1. The van der Waals surface area contributed by atoms with Crippen LogP contribution in [0.3, 0.4) is 0 Å². The topological polar surface area (TPSA) is 103 Å². The van der Waals surface area contributed by atoms with E-state index in [0.29, 0.717) is 22.1 Å². The Balaban J connectivity index is 2.26. The Hall–Kier alpha value is -2.61. The summed E-state index contributed by atoms with van der Waals surface area (Å²) in [6.07, 6.45) is 0. The summed E-state index contributed by atoms with van der Waals surface area (Å²) in [5, 5.41) is 6.43. The van der Waals surface area contributed by atoms with E-state index >= 15 is 0 Å². The molecule has 0 aromatic heterocycles. The van der Waals surface area contributed by atoms with E-state index in [2.05, 4.69) is 10.6 Å². The lowest BCUT2D eigenvalue weighted by atomic mass is 9.95. The Morgan fingerprint density at radius 1 is 1.29 bits per heavy atom. The van der Waals surface area contributed by atoms with Gasteiger partial charge in [0.2, 0.25) is 0 Å². The molecule has 0 saturated carbocycles. The van der Waals surface area contributed by atoms with Gasteiger partial charge in [-0.2, -0.15) is 0 Å². The summed E-state index contributed by atoms with van der Waals surface area (Å²) < 4.78 is 10.4. The molecule has 7 nitrogen and oxygen atoms in total. The van der Waals surface area contributed by atoms with Gasteiger partial charge in [-0.1, -0.05) is 12.1 Å². The molecule has 0 aliphatic carbocycles. The minimum Gasteiger partial charge on any atom is -0.484 e. The Morgan fingerprint density at radius 3 is 2.54 bits per heavy atom. The van der Waals surface area contributed by atoms with E-state index in [-0.39, 0.29) is 13.2 Å². The van der Waals surface area contributed by atoms with Crippen LogP contribution >= 0.6 is 12.2 Å². The maximum atomic E-state index is 12.3. The molecule has 1 atom stereocenters. The van der Waals surface area contributed by atoms with Crippen molar-refractivity contribution < 1.29 is 19.1 Å². The van der Waals surface area contributed by atoms with Gasteiger partial charge in [0.25, 0.3) is 5.91 Å². The first-order valence-corrected chi connectivity index (χ1v) is 7.79. The maximum absolute atomic E-state index is 12.3. The number of hydrogen-bond acceptors (Lipinski definition) is 5. The SMILES string of the molecule is CCOC(=O)C1=C(C)NC(=S)NC1c1ccc(OCC(N)=O)cc1. The van der Waals surface area contributed by atoms with Crippen LogP contribution in [0.25, 0.3) is 0 Å². The Labute approximate surface area is 145 Å². The lowest BCUT2D eigenvalue weighted by Gasteiger charge is -2.29. The summed E-state index contributed by atoms with van der Waals surface area (Å²) in [5.41, 5.74) is 6.98. The number of nitrogens with one attached hydrogen (secondary N) is 2. The van der Waals surface area contributed by atoms with Gasteiger partial charge in [-0.25, -0.2) is 4.79 Å². The van der Waals surface area contributed by atoms with Crippen LogP contribution in [0.1, 0.15) is 25.5 Å². The highest BCUT2D eigenvalue weighted by Crippen LogP contribution is 2.28. The van der Waals surface area contributed by atoms with Gasteiger partial charge in [0.05, 0.1) is 18.2 Å². The summed E-state index contributed by atoms with van der Waals surface area (Å²) in [6.45, 7) is 3.62. The van der Waals surface area contributed by atoms with Crippen LogP contribution in [0.4, 0.5) is 0 Å². The second-order valence-corrected chi connectivity index (χ2v) is 5.52. The predicted octanol–water partition coefficient (Wildman–Crippen LogP) is 0.907. The van der Waals surface area contributed by atoms with Crippen molar-refractivity contribution in [3.8, 4) is 5.75 Å². The van der Waals surface area contributed by atoms with Crippen LogP contribution in [0.5, 0.6) is 5.75 Å². The van der Waals surface area contributed by atoms with E-state index in [1.54, 1.807) is 38.1 Å². The monoisotopic (exact) mass is 349 g/mol. The van der Waals surface area contributed by atoms with Gasteiger partial charge in [0, 0.05) is 5.70 Å². The molecule has 0 bridgehead atoms. The highest BCUT2D eigenvalue weighted by molar-refractivity contribution is 7.80. The zero-order valence-corrected chi connectivity index (χ0v) is 14.2. The molecule has 1 aromatic rings. The zero-order chi connectivity index (χ0) is 17.7. The van der Waals surface area contributed by atoms with Crippen molar-refractivity contribution in [2.45, 2.75) is 19.9 Å². The summed E-state index contributed by atoms with van der Waals surface area (Å²) in [6, 6.07) is 6.54. The van der Waals surface area contributed by atoms with Crippen molar-refractivity contribution in [3.05, 3.63) is 41.1 Å². The summed E-state index contributed by atoms with van der Waals surface area (Å²) in [5.74, 6) is -0.448. The number of benzene rings is 1. The number of primary amides is 1. The van der Waals surface area contributed by atoms with Gasteiger partial charge < -0.3 is 25.8 Å². The molecular formula is C16H19N3O4S. The summed E-state index contributed by atoms with van der Waals surface area (Å²) in [7, 11) is 0. The van der Waals surface area contributed by atoms with Crippen molar-refractivity contribution in [3.63, 3.8) is 0 Å². The first-order valence-electron chi connectivity index (χ1n) is 7.38. The number of amides is 1. The van der Waals surface area contributed by atoms with E-state index in [1.807, 2.05) is 0 Å². The van der Waals surface area contributed by atoms with E-state index in [1.165, 1.54) is 0 Å². The van der Waals surface area contributed by atoms with E-state index in [9.17, 15) is 9.59 Å². The first-order chi connectivity index (χ1) is 11.4. The van der Waals surface area contributed by atoms with Crippen molar-refractivity contribution in [1.82, 2.24) is 10.6 Å². The quantitative estimate of drug-likeness (QED) is 0.518. The zero-order valence-electron chi connectivity index (χ0n) is 13.4. The standard InChI is InChI=1S/C16H19N3O4S/c1-3-22-15(21)13-9(2)18-16(24)19-14(13)10-4-6-11(7-5-10)23-8-12(17)20/h4-7,14H,3,8H2,1-2H3,(H2,17,20)(H2,18,19,24). The average Bonchev–Trinajstić information content (AvgIpc) is 2.52. The van der Waals surface area contributed by atoms with Crippen LogP contribution in [-0.2, 0) is 14.3 Å². The minimum atomic E-state index is -0.549. The van der Waals surface area contributed by atoms with Crippen molar-refractivity contribution >= 4 is 29.2 Å². The number of nitrogens with two attached hydrogens (primary N) is 1. The molecular weight excluding hydrogens is 330 g/mol.